The molecule has 0 bridgehead atoms. The Balaban J connectivity index is 1.79. The Kier molecular flexibility index (Phi) is 6.90. The van der Waals surface area contributed by atoms with Gasteiger partial charge in [-0.1, -0.05) is 44.2 Å². The molecule has 0 saturated carbocycles. The summed E-state index contributed by atoms with van der Waals surface area (Å²) in [7, 11) is 0. The number of amides is 2. The number of benzene rings is 2. The minimum Gasteiger partial charge on any atom is -0.493 e. The van der Waals surface area contributed by atoms with Gasteiger partial charge in [-0.05, 0) is 48.2 Å². The number of nitrogens with one attached hydrogen (secondary N) is 1. The van der Waals surface area contributed by atoms with Gasteiger partial charge in [0.2, 0.25) is 0 Å². The molecule has 0 radical (unpaired) electrons. The van der Waals surface area contributed by atoms with E-state index in [0.717, 1.165) is 21.8 Å². The van der Waals surface area contributed by atoms with Crippen LogP contribution < -0.4 is 15.8 Å². The third-order valence-corrected chi connectivity index (χ3v) is 5.83. The number of nitrogens with two attached hydrogens (primary N) is 1. The zero-order chi connectivity index (χ0) is 21.7. The number of carbonyl (C=O) groups is 2. The van der Waals surface area contributed by atoms with Crippen molar-refractivity contribution in [3.8, 4) is 5.75 Å². The van der Waals surface area contributed by atoms with E-state index in [-0.39, 0.29) is 5.91 Å². The Morgan fingerprint density at radius 1 is 1.07 bits per heavy atom. The highest BCUT2D eigenvalue weighted by molar-refractivity contribution is 7.17. The summed E-state index contributed by atoms with van der Waals surface area (Å²) < 4.78 is 5.66. The number of rotatable bonds is 8. The molecule has 0 fully saturated rings. The van der Waals surface area contributed by atoms with Crippen LogP contribution in [0.25, 0.3) is 0 Å². The zero-order valence-electron chi connectivity index (χ0n) is 17.4. The van der Waals surface area contributed by atoms with E-state index in [4.69, 9.17) is 10.5 Å². The Labute approximate surface area is 180 Å². The number of hydrogen-bond acceptors (Lipinski definition) is 4. The molecule has 1 heterocycles. The van der Waals surface area contributed by atoms with Gasteiger partial charge in [0, 0.05) is 16.9 Å². The van der Waals surface area contributed by atoms with Gasteiger partial charge in [0.1, 0.15) is 10.8 Å². The van der Waals surface area contributed by atoms with Gasteiger partial charge in [0.25, 0.3) is 11.8 Å². The molecule has 5 nitrogen and oxygen atoms in total. The molecule has 30 heavy (non-hydrogen) atoms. The summed E-state index contributed by atoms with van der Waals surface area (Å²) in [6, 6.07) is 16.9. The summed E-state index contributed by atoms with van der Waals surface area (Å²) in [5.41, 5.74) is 8.41. The summed E-state index contributed by atoms with van der Waals surface area (Å²) in [6.45, 7) is 6.64. The quantitative estimate of drug-likeness (QED) is 0.534. The predicted octanol–water partition coefficient (Wildman–Crippen LogP) is 5.03. The van der Waals surface area contributed by atoms with Crippen molar-refractivity contribution < 1.29 is 14.3 Å². The van der Waals surface area contributed by atoms with Gasteiger partial charge < -0.3 is 15.8 Å². The molecular weight excluding hydrogens is 396 g/mol. The number of primary amides is 1. The van der Waals surface area contributed by atoms with Gasteiger partial charge in [-0.25, -0.2) is 0 Å². The minimum atomic E-state index is -0.546. The fourth-order valence-corrected chi connectivity index (χ4v) is 4.28. The number of carbonyl (C=O) groups excluding carboxylic acids is 2. The summed E-state index contributed by atoms with van der Waals surface area (Å²) >= 11 is 1.39. The monoisotopic (exact) mass is 422 g/mol. The highest BCUT2D eigenvalue weighted by atomic mass is 32.1. The second kappa shape index (κ2) is 9.59. The second-order valence-electron chi connectivity index (χ2n) is 7.56. The summed E-state index contributed by atoms with van der Waals surface area (Å²) in [5, 5.41) is 3.35. The molecule has 0 saturated heterocycles. The molecule has 3 aromatic rings. The largest absolute Gasteiger partial charge is 0.493 e. The Bertz CT molecular complexity index is 1020. The van der Waals surface area contributed by atoms with Crippen LogP contribution >= 0.6 is 11.3 Å². The van der Waals surface area contributed by atoms with Gasteiger partial charge in [-0.15, -0.1) is 11.3 Å². The normalized spacial score (nSPS) is 10.8. The van der Waals surface area contributed by atoms with E-state index in [1.165, 1.54) is 11.3 Å². The number of anilines is 1. The van der Waals surface area contributed by atoms with Crippen LogP contribution in [0.4, 0.5) is 5.00 Å². The van der Waals surface area contributed by atoms with Crippen LogP contribution in [0.1, 0.15) is 50.6 Å². The van der Waals surface area contributed by atoms with Gasteiger partial charge in [-0.3, -0.25) is 9.59 Å². The molecule has 2 amide bonds. The number of hydrogen-bond donors (Lipinski definition) is 2. The van der Waals surface area contributed by atoms with E-state index < -0.39 is 5.91 Å². The summed E-state index contributed by atoms with van der Waals surface area (Å²) in [4.78, 5) is 25.8. The van der Waals surface area contributed by atoms with E-state index in [1.54, 1.807) is 24.3 Å². The lowest BCUT2D eigenvalue weighted by Crippen LogP contribution is -2.17. The molecule has 1 aromatic heterocycles. The molecule has 3 rings (SSSR count). The lowest BCUT2D eigenvalue weighted by Gasteiger charge is -2.09. The van der Waals surface area contributed by atoms with Crippen molar-refractivity contribution in [1.82, 2.24) is 0 Å². The third-order valence-electron chi connectivity index (χ3n) is 4.63. The van der Waals surface area contributed by atoms with Crippen LogP contribution in [0.3, 0.4) is 0 Å². The van der Waals surface area contributed by atoms with E-state index >= 15 is 0 Å². The maximum atomic E-state index is 12.7. The Morgan fingerprint density at radius 2 is 1.73 bits per heavy atom. The lowest BCUT2D eigenvalue weighted by atomic mass is 10.1. The van der Waals surface area contributed by atoms with E-state index in [1.807, 2.05) is 37.3 Å². The maximum absolute atomic E-state index is 12.7. The zero-order valence-corrected chi connectivity index (χ0v) is 18.2. The minimum absolute atomic E-state index is 0.291. The van der Waals surface area contributed by atoms with Crippen molar-refractivity contribution in [2.45, 2.75) is 27.2 Å². The molecule has 0 aliphatic rings. The van der Waals surface area contributed by atoms with E-state index in [9.17, 15) is 9.59 Å². The maximum Gasteiger partial charge on any atom is 0.256 e. The smallest absolute Gasteiger partial charge is 0.256 e. The predicted molar refractivity (Wildman–Crippen MR) is 122 cm³/mol. The first-order valence-corrected chi connectivity index (χ1v) is 10.7. The molecule has 3 N–H and O–H groups in total. The van der Waals surface area contributed by atoms with Crippen molar-refractivity contribution in [1.29, 1.82) is 0 Å². The Hall–Kier alpha value is -3.12. The SMILES string of the molecule is Cc1c(Cc2ccccc2)sc(NC(=O)c2ccc(OCC(C)C)cc2)c1C(N)=O. The number of ether oxygens (including phenoxy) is 1. The molecule has 0 aliphatic heterocycles. The van der Waals surface area contributed by atoms with E-state index in [0.29, 0.717) is 35.1 Å². The molecule has 0 unspecified atom stereocenters. The first kappa shape index (κ1) is 21.6. The molecule has 0 aliphatic carbocycles. The first-order chi connectivity index (χ1) is 14.3. The van der Waals surface area contributed by atoms with Crippen LogP contribution in [-0.2, 0) is 6.42 Å². The van der Waals surface area contributed by atoms with Crippen molar-refractivity contribution >= 4 is 28.2 Å². The molecule has 156 valence electrons. The molecule has 6 heteroatoms. The van der Waals surface area contributed by atoms with Crippen LogP contribution in [0, 0.1) is 12.8 Å². The average Bonchev–Trinajstić information content (AvgIpc) is 3.02. The number of thiophene rings is 1. The van der Waals surface area contributed by atoms with Crippen LogP contribution in [-0.4, -0.2) is 18.4 Å². The van der Waals surface area contributed by atoms with Gasteiger partial charge >= 0.3 is 0 Å². The summed E-state index contributed by atoms with van der Waals surface area (Å²) in [5.74, 6) is 0.304. The van der Waals surface area contributed by atoms with Gasteiger partial charge in [-0.2, -0.15) is 0 Å². The van der Waals surface area contributed by atoms with Crippen molar-refractivity contribution in [2.24, 2.45) is 11.7 Å². The highest BCUT2D eigenvalue weighted by Gasteiger charge is 2.21. The van der Waals surface area contributed by atoms with Crippen LogP contribution in [0.15, 0.2) is 54.6 Å². The fourth-order valence-electron chi connectivity index (χ4n) is 3.04. The standard InChI is InChI=1S/C24H26N2O3S/c1-15(2)14-29-19-11-9-18(10-12-19)23(28)26-24-21(22(25)27)16(3)20(30-24)13-17-7-5-4-6-8-17/h4-12,15H,13-14H2,1-3H3,(H2,25,27)(H,26,28). The average molecular weight is 423 g/mol. The highest BCUT2D eigenvalue weighted by Crippen LogP contribution is 2.34. The first-order valence-electron chi connectivity index (χ1n) is 9.85. The van der Waals surface area contributed by atoms with Crippen molar-refractivity contribution in [3.63, 3.8) is 0 Å². The molecule has 0 atom stereocenters. The molecular formula is C24H26N2O3S. The Morgan fingerprint density at radius 3 is 2.33 bits per heavy atom. The van der Waals surface area contributed by atoms with Crippen molar-refractivity contribution in [2.75, 3.05) is 11.9 Å². The van der Waals surface area contributed by atoms with Gasteiger partial charge in [0.05, 0.1) is 12.2 Å². The van der Waals surface area contributed by atoms with E-state index in [2.05, 4.69) is 19.2 Å². The molecule has 0 spiro atoms. The van der Waals surface area contributed by atoms with Gasteiger partial charge in [0.15, 0.2) is 0 Å². The van der Waals surface area contributed by atoms with Crippen molar-refractivity contribution in [3.05, 3.63) is 81.7 Å². The second-order valence-corrected chi connectivity index (χ2v) is 8.67. The fraction of sp³-hybridized carbons (Fsp3) is 0.250. The van der Waals surface area contributed by atoms with Crippen LogP contribution in [0.5, 0.6) is 5.75 Å². The summed E-state index contributed by atoms with van der Waals surface area (Å²) in [6.07, 6.45) is 0.676. The third kappa shape index (κ3) is 5.27. The topological polar surface area (TPSA) is 81.4 Å². The lowest BCUT2D eigenvalue weighted by molar-refractivity contribution is 0.100. The van der Waals surface area contributed by atoms with Crippen LogP contribution in [0.2, 0.25) is 0 Å². The molecule has 2 aromatic carbocycles.